The van der Waals surface area contributed by atoms with E-state index in [0.29, 0.717) is 0 Å². The fourth-order valence-electron chi connectivity index (χ4n) is 3.01. The van der Waals surface area contributed by atoms with Gasteiger partial charge < -0.3 is 5.32 Å². The molecule has 1 rings (SSSR count). The van der Waals surface area contributed by atoms with E-state index in [1.54, 1.807) is 0 Å². The highest BCUT2D eigenvalue weighted by Gasteiger charge is 2.18. The molecule has 1 N–H and O–H groups in total. The Balaban J connectivity index is 2.27. The van der Waals surface area contributed by atoms with Gasteiger partial charge in [0, 0.05) is 6.04 Å². The smallest absolute Gasteiger partial charge is 0.00697 e. The van der Waals surface area contributed by atoms with Gasteiger partial charge in [0.2, 0.25) is 0 Å². The van der Waals surface area contributed by atoms with Gasteiger partial charge in [0.05, 0.1) is 0 Å². The Labute approximate surface area is 109 Å². The summed E-state index contributed by atoms with van der Waals surface area (Å²) in [5.74, 6) is 1.87. The van der Waals surface area contributed by atoms with Crippen LogP contribution in [0.4, 0.5) is 0 Å². The molecule has 1 fully saturated rings. The fourth-order valence-corrected chi connectivity index (χ4v) is 3.01. The highest BCUT2D eigenvalue weighted by Crippen LogP contribution is 2.28. The predicted molar refractivity (Wildman–Crippen MR) is 77.3 cm³/mol. The van der Waals surface area contributed by atoms with Crippen molar-refractivity contribution in [3.8, 4) is 0 Å². The molecule has 17 heavy (non-hydrogen) atoms. The minimum atomic E-state index is 0.792. The summed E-state index contributed by atoms with van der Waals surface area (Å²) in [6, 6.07) is 0.792. The van der Waals surface area contributed by atoms with Gasteiger partial charge in [-0.15, -0.1) is 0 Å². The highest BCUT2D eigenvalue weighted by atomic mass is 14.9. The molecule has 1 aliphatic carbocycles. The van der Waals surface area contributed by atoms with Crippen molar-refractivity contribution < 1.29 is 0 Å². The standard InChI is InChI=1S/C16H33N/c1-4-12-17-16(11-10-14(2)3)13-15-8-6-5-7-9-15/h14-17H,4-13H2,1-3H3. The van der Waals surface area contributed by atoms with Crippen LogP contribution in [0.15, 0.2) is 0 Å². The summed E-state index contributed by atoms with van der Waals surface area (Å²) in [5, 5.41) is 3.77. The van der Waals surface area contributed by atoms with Crippen molar-refractivity contribution in [2.75, 3.05) is 6.54 Å². The molecule has 0 saturated heterocycles. The van der Waals surface area contributed by atoms with Gasteiger partial charge in [-0.25, -0.2) is 0 Å². The van der Waals surface area contributed by atoms with Crippen LogP contribution in [-0.4, -0.2) is 12.6 Å². The first-order valence-corrected chi connectivity index (χ1v) is 7.95. The third-order valence-corrected chi connectivity index (χ3v) is 4.12. The van der Waals surface area contributed by atoms with E-state index < -0.39 is 0 Å². The van der Waals surface area contributed by atoms with Crippen LogP contribution < -0.4 is 5.32 Å². The summed E-state index contributed by atoms with van der Waals surface area (Å²) in [6.45, 7) is 8.16. The molecule has 1 aliphatic rings. The summed E-state index contributed by atoms with van der Waals surface area (Å²) >= 11 is 0. The summed E-state index contributed by atoms with van der Waals surface area (Å²) in [7, 11) is 0. The van der Waals surface area contributed by atoms with Crippen LogP contribution in [0, 0.1) is 11.8 Å². The van der Waals surface area contributed by atoms with E-state index in [2.05, 4.69) is 26.1 Å². The lowest BCUT2D eigenvalue weighted by Gasteiger charge is -2.27. The van der Waals surface area contributed by atoms with Crippen molar-refractivity contribution in [3.63, 3.8) is 0 Å². The van der Waals surface area contributed by atoms with Crippen LogP contribution in [0.25, 0.3) is 0 Å². The van der Waals surface area contributed by atoms with Gasteiger partial charge in [0.25, 0.3) is 0 Å². The summed E-state index contributed by atoms with van der Waals surface area (Å²) < 4.78 is 0. The van der Waals surface area contributed by atoms with Crippen molar-refractivity contribution >= 4 is 0 Å². The first-order chi connectivity index (χ1) is 8.22. The summed E-state index contributed by atoms with van der Waals surface area (Å²) in [5.41, 5.74) is 0. The highest BCUT2D eigenvalue weighted by molar-refractivity contribution is 4.75. The van der Waals surface area contributed by atoms with Gasteiger partial charge in [0.15, 0.2) is 0 Å². The summed E-state index contributed by atoms with van der Waals surface area (Å²) in [6.07, 6.45) is 12.9. The zero-order chi connectivity index (χ0) is 12.5. The molecule has 0 aromatic rings. The third kappa shape index (κ3) is 7.08. The molecule has 0 heterocycles. The van der Waals surface area contributed by atoms with Crippen molar-refractivity contribution in [2.24, 2.45) is 11.8 Å². The summed E-state index contributed by atoms with van der Waals surface area (Å²) in [4.78, 5) is 0. The monoisotopic (exact) mass is 239 g/mol. The Hall–Kier alpha value is -0.0400. The van der Waals surface area contributed by atoms with Crippen LogP contribution in [0.1, 0.15) is 78.6 Å². The molecule has 1 nitrogen and oxygen atoms in total. The van der Waals surface area contributed by atoms with E-state index in [1.807, 2.05) is 0 Å². The lowest BCUT2D eigenvalue weighted by Crippen LogP contribution is -2.32. The van der Waals surface area contributed by atoms with Crippen LogP contribution in [0.2, 0.25) is 0 Å². The maximum atomic E-state index is 3.77. The normalized spacial score (nSPS) is 19.8. The molecule has 0 aromatic heterocycles. The van der Waals surface area contributed by atoms with Crippen molar-refractivity contribution in [2.45, 2.75) is 84.6 Å². The molecule has 0 aromatic carbocycles. The van der Waals surface area contributed by atoms with E-state index >= 15 is 0 Å². The van der Waals surface area contributed by atoms with Gasteiger partial charge in [-0.2, -0.15) is 0 Å². The average Bonchev–Trinajstić information content (AvgIpc) is 2.34. The topological polar surface area (TPSA) is 12.0 Å². The lowest BCUT2D eigenvalue weighted by atomic mass is 9.83. The van der Waals surface area contributed by atoms with Crippen molar-refractivity contribution in [1.29, 1.82) is 0 Å². The number of hydrogen-bond acceptors (Lipinski definition) is 1. The fraction of sp³-hybridized carbons (Fsp3) is 1.00. The molecule has 0 radical (unpaired) electrons. The zero-order valence-electron chi connectivity index (χ0n) is 12.3. The molecule has 0 spiro atoms. The Kier molecular flexibility index (Phi) is 7.92. The second kappa shape index (κ2) is 8.97. The lowest BCUT2D eigenvalue weighted by molar-refractivity contribution is 0.283. The number of hydrogen-bond donors (Lipinski definition) is 1. The van der Waals surface area contributed by atoms with E-state index in [1.165, 1.54) is 64.3 Å². The second-order valence-corrected chi connectivity index (χ2v) is 6.36. The van der Waals surface area contributed by atoms with Gasteiger partial charge in [-0.05, 0) is 44.1 Å². The molecule has 0 amide bonds. The first kappa shape index (κ1) is 15.0. The predicted octanol–water partition coefficient (Wildman–Crippen LogP) is 4.76. The van der Waals surface area contributed by atoms with E-state index in [-0.39, 0.29) is 0 Å². The van der Waals surface area contributed by atoms with Gasteiger partial charge >= 0.3 is 0 Å². The molecular formula is C16H33N. The maximum absolute atomic E-state index is 3.77. The van der Waals surface area contributed by atoms with Crippen LogP contribution >= 0.6 is 0 Å². The molecule has 0 aliphatic heterocycles. The average molecular weight is 239 g/mol. The van der Waals surface area contributed by atoms with Crippen LogP contribution in [-0.2, 0) is 0 Å². The molecular weight excluding hydrogens is 206 g/mol. The number of nitrogens with one attached hydrogen (secondary N) is 1. The maximum Gasteiger partial charge on any atom is 0.00697 e. The quantitative estimate of drug-likeness (QED) is 0.644. The van der Waals surface area contributed by atoms with Gasteiger partial charge in [-0.1, -0.05) is 52.9 Å². The molecule has 102 valence electrons. The Morgan fingerprint density at radius 3 is 2.35 bits per heavy atom. The SMILES string of the molecule is CCCNC(CCC(C)C)CC1CCCCC1. The van der Waals surface area contributed by atoms with Gasteiger partial charge in [-0.3, -0.25) is 0 Å². The minimum absolute atomic E-state index is 0.792. The molecule has 0 bridgehead atoms. The Morgan fingerprint density at radius 2 is 1.76 bits per heavy atom. The minimum Gasteiger partial charge on any atom is -0.314 e. The van der Waals surface area contributed by atoms with Crippen LogP contribution in [0.3, 0.4) is 0 Å². The zero-order valence-corrected chi connectivity index (χ0v) is 12.3. The molecule has 1 saturated carbocycles. The largest absolute Gasteiger partial charge is 0.314 e. The van der Waals surface area contributed by atoms with E-state index in [4.69, 9.17) is 0 Å². The number of rotatable bonds is 8. The first-order valence-electron chi connectivity index (χ1n) is 7.95. The second-order valence-electron chi connectivity index (χ2n) is 6.36. The van der Waals surface area contributed by atoms with Crippen molar-refractivity contribution in [1.82, 2.24) is 5.32 Å². The van der Waals surface area contributed by atoms with Gasteiger partial charge in [0.1, 0.15) is 0 Å². The van der Waals surface area contributed by atoms with Crippen molar-refractivity contribution in [3.05, 3.63) is 0 Å². The van der Waals surface area contributed by atoms with Crippen LogP contribution in [0.5, 0.6) is 0 Å². The third-order valence-electron chi connectivity index (χ3n) is 4.12. The Morgan fingerprint density at radius 1 is 1.06 bits per heavy atom. The Bertz CT molecular complexity index is 170. The van der Waals surface area contributed by atoms with E-state index in [9.17, 15) is 0 Å². The molecule has 1 unspecified atom stereocenters. The van der Waals surface area contributed by atoms with E-state index in [0.717, 1.165) is 17.9 Å². The molecule has 1 atom stereocenters. The molecule has 1 heteroatoms.